The molecule has 2 nitrogen and oxygen atoms in total. The monoisotopic (exact) mass is 228 g/mol. The van der Waals surface area contributed by atoms with Crippen LogP contribution in [-0.4, -0.2) is 10.2 Å². The lowest BCUT2D eigenvalue weighted by Crippen LogP contribution is -1.88. The second kappa shape index (κ2) is 6.69. The van der Waals surface area contributed by atoms with Crippen molar-refractivity contribution in [2.75, 3.05) is 0 Å². The van der Waals surface area contributed by atoms with Gasteiger partial charge in [-0.1, -0.05) is 36.5 Å². The van der Waals surface area contributed by atoms with Gasteiger partial charge in [-0.15, -0.1) is 0 Å². The Labute approximate surface area is 103 Å². The summed E-state index contributed by atoms with van der Waals surface area (Å²) in [4.78, 5) is 0. The zero-order valence-electron chi connectivity index (χ0n) is 11.0. The van der Waals surface area contributed by atoms with Crippen molar-refractivity contribution in [1.29, 1.82) is 0 Å². The van der Waals surface area contributed by atoms with E-state index in [1.165, 1.54) is 5.57 Å². The molecule has 1 heterocycles. The first kappa shape index (κ1) is 13.2. The average molecular weight is 228 g/mol. The first-order chi connectivity index (χ1) is 8.28. The van der Waals surface area contributed by atoms with E-state index in [0.717, 1.165) is 16.8 Å². The average Bonchev–Trinajstić information content (AvgIpc) is 2.81. The third kappa shape index (κ3) is 3.06. The molecule has 0 spiro atoms. The molecule has 0 bridgehead atoms. The fraction of sp³-hybridized carbons (Fsp3) is 0.267. The van der Waals surface area contributed by atoms with Gasteiger partial charge in [0.1, 0.15) is 0 Å². The minimum atomic E-state index is 1.07. The van der Waals surface area contributed by atoms with Gasteiger partial charge in [0, 0.05) is 5.56 Å². The molecule has 0 amide bonds. The van der Waals surface area contributed by atoms with Crippen molar-refractivity contribution in [1.82, 2.24) is 10.2 Å². The highest BCUT2D eigenvalue weighted by Gasteiger charge is 2.09. The van der Waals surface area contributed by atoms with Gasteiger partial charge in [-0.05, 0) is 38.8 Å². The van der Waals surface area contributed by atoms with Gasteiger partial charge < -0.3 is 0 Å². The normalized spacial score (nSPS) is 14.1. The number of aromatic nitrogens is 2. The van der Waals surface area contributed by atoms with Gasteiger partial charge in [0.15, 0.2) is 0 Å². The number of hydrogen-bond acceptors (Lipinski definition) is 1. The molecule has 1 aromatic rings. The number of allylic oxidation sites excluding steroid dienone is 8. The van der Waals surface area contributed by atoms with Gasteiger partial charge in [-0.2, -0.15) is 5.10 Å². The highest BCUT2D eigenvalue weighted by molar-refractivity contribution is 5.84. The fourth-order valence-corrected chi connectivity index (χ4v) is 1.75. The van der Waals surface area contributed by atoms with E-state index in [1.54, 1.807) is 0 Å². The SMILES string of the molecule is C/C=C\C(=C/C)c1cn[nH]c1C(/C=C\C)=C/C. The maximum absolute atomic E-state index is 4.15. The first-order valence-electron chi connectivity index (χ1n) is 5.90. The van der Waals surface area contributed by atoms with Crippen molar-refractivity contribution in [3.8, 4) is 0 Å². The summed E-state index contributed by atoms with van der Waals surface area (Å²) in [6.45, 7) is 8.11. The Morgan fingerprint density at radius 2 is 1.59 bits per heavy atom. The van der Waals surface area contributed by atoms with Gasteiger partial charge in [-0.3, -0.25) is 5.10 Å². The van der Waals surface area contributed by atoms with Crippen LogP contribution in [0, 0.1) is 0 Å². The van der Waals surface area contributed by atoms with Crippen molar-refractivity contribution in [2.24, 2.45) is 0 Å². The van der Waals surface area contributed by atoms with Crippen LogP contribution in [0.5, 0.6) is 0 Å². The molecule has 2 heteroatoms. The molecule has 0 aliphatic heterocycles. The lowest BCUT2D eigenvalue weighted by Gasteiger charge is -2.04. The Balaban J connectivity index is 3.25. The summed E-state index contributed by atoms with van der Waals surface area (Å²) in [6.07, 6.45) is 14.3. The molecule has 0 unspecified atom stereocenters. The van der Waals surface area contributed by atoms with Crippen LogP contribution in [-0.2, 0) is 0 Å². The molecule has 1 aromatic heterocycles. The van der Waals surface area contributed by atoms with E-state index >= 15 is 0 Å². The number of H-pyrrole nitrogens is 1. The standard InChI is InChI=1S/C15H20N2/c1-5-9-12(7-3)14-11-16-17-15(14)13(8-4)10-6-2/h5-11H,1-4H3,(H,16,17)/b9-5-,10-6-,12-7+,13-8+. The van der Waals surface area contributed by atoms with Crippen LogP contribution in [0.2, 0.25) is 0 Å². The molecule has 0 fully saturated rings. The third-order valence-electron chi connectivity index (χ3n) is 2.55. The van der Waals surface area contributed by atoms with E-state index < -0.39 is 0 Å². The smallest absolute Gasteiger partial charge is 0.0725 e. The van der Waals surface area contributed by atoms with E-state index in [-0.39, 0.29) is 0 Å². The van der Waals surface area contributed by atoms with E-state index in [1.807, 2.05) is 46.0 Å². The second-order valence-electron chi connectivity index (χ2n) is 3.65. The molecule has 0 aliphatic rings. The molecule has 0 aliphatic carbocycles. The van der Waals surface area contributed by atoms with E-state index in [0.29, 0.717) is 0 Å². The maximum Gasteiger partial charge on any atom is 0.0725 e. The fourth-order valence-electron chi connectivity index (χ4n) is 1.75. The number of nitrogens with one attached hydrogen (secondary N) is 1. The van der Waals surface area contributed by atoms with E-state index in [9.17, 15) is 0 Å². The molecule has 90 valence electrons. The van der Waals surface area contributed by atoms with Gasteiger partial charge in [0.2, 0.25) is 0 Å². The molecule has 1 rings (SSSR count). The highest BCUT2D eigenvalue weighted by atomic mass is 15.1. The van der Waals surface area contributed by atoms with Gasteiger partial charge in [0.25, 0.3) is 0 Å². The number of rotatable bonds is 4. The van der Waals surface area contributed by atoms with Gasteiger partial charge in [-0.25, -0.2) is 0 Å². The second-order valence-corrected chi connectivity index (χ2v) is 3.65. The van der Waals surface area contributed by atoms with E-state index in [4.69, 9.17) is 0 Å². The zero-order chi connectivity index (χ0) is 12.7. The minimum absolute atomic E-state index is 1.07. The summed E-state index contributed by atoms with van der Waals surface area (Å²) < 4.78 is 0. The summed E-state index contributed by atoms with van der Waals surface area (Å²) in [5.41, 5.74) is 4.54. The maximum atomic E-state index is 4.15. The Bertz CT molecular complexity index is 428. The van der Waals surface area contributed by atoms with Crippen molar-refractivity contribution in [2.45, 2.75) is 27.7 Å². The van der Waals surface area contributed by atoms with Crippen LogP contribution >= 0.6 is 0 Å². The van der Waals surface area contributed by atoms with Crippen LogP contribution in [0.25, 0.3) is 11.1 Å². The van der Waals surface area contributed by atoms with Gasteiger partial charge in [0.05, 0.1) is 11.9 Å². The molecule has 17 heavy (non-hydrogen) atoms. The van der Waals surface area contributed by atoms with Crippen molar-refractivity contribution in [3.63, 3.8) is 0 Å². The molecular formula is C15H20N2. The summed E-state index contributed by atoms with van der Waals surface area (Å²) >= 11 is 0. The predicted octanol–water partition coefficient (Wildman–Crippen LogP) is 4.37. The van der Waals surface area contributed by atoms with Crippen molar-refractivity contribution >= 4 is 11.1 Å². The lowest BCUT2D eigenvalue weighted by molar-refractivity contribution is 1.07. The lowest BCUT2D eigenvalue weighted by atomic mass is 10.0. The first-order valence-corrected chi connectivity index (χ1v) is 5.90. The molecule has 0 saturated carbocycles. The zero-order valence-corrected chi connectivity index (χ0v) is 11.0. The Kier molecular flexibility index (Phi) is 5.21. The van der Waals surface area contributed by atoms with Crippen molar-refractivity contribution in [3.05, 3.63) is 53.9 Å². The van der Waals surface area contributed by atoms with Gasteiger partial charge >= 0.3 is 0 Å². The number of aromatic amines is 1. The molecule has 0 saturated heterocycles. The quantitative estimate of drug-likeness (QED) is 0.762. The molecule has 0 aromatic carbocycles. The van der Waals surface area contributed by atoms with Crippen LogP contribution in [0.3, 0.4) is 0 Å². The van der Waals surface area contributed by atoms with Crippen LogP contribution < -0.4 is 0 Å². The molecule has 0 radical (unpaired) electrons. The summed E-state index contributed by atoms with van der Waals surface area (Å²) in [5.74, 6) is 0. The molecular weight excluding hydrogens is 208 g/mol. The number of nitrogens with zero attached hydrogens (tertiary/aromatic N) is 1. The Morgan fingerprint density at radius 1 is 1.00 bits per heavy atom. The van der Waals surface area contributed by atoms with Crippen LogP contribution in [0.1, 0.15) is 39.0 Å². The van der Waals surface area contributed by atoms with Crippen LogP contribution in [0.4, 0.5) is 0 Å². The van der Waals surface area contributed by atoms with Crippen molar-refractivity contribution < 1.29 is 0 Å². The molecule has 1 N–H and O–H groups in total. The van der Waals surface area contributed by atoms with Crippen LogP contribution in [0.15, 0.2) is 42.7 Å². The number of hydrogen-bond donors (Lipinski definition) is 1. The summed E-state index contributed by atoms with van der Waals surface area (Å²) in [6, 6.07) is 0. The Morgan fingerprint density at radius 3 is 2.12 bits per heavy atom. The largest absolute Gasteiger partial charge is 0.277 e. The predicted molar refractivity (Wildman–Crippen MR) is 75.5 cm³/mol. The molecule has 0 atom stereocenters. The summed E-state index contributed by atoms with van der Waals surface area (Å²) in [7, 11) is 0. The highest BCUT2D eigenvalue weighted by Crippen LogP contribution is 2.25. The topological polar surface area (TPSA) is 28.7 Å². The summed E-state index contributed by atoms with van der Waals surface area (Å²) in [5, 5.41) is 7.22. The van der Waals surface area contributed by atoms with E-state index in [2.05, 4.69) is 34.5 Å². The Hall–Kier alpha value is -1.83. The third-order valence-corrected chi connectivity index (χ3v) is 2.55. The minimum Gasteiger partial charge on any atom is -0.277 e.